The van der Waals surface area contributed by atoms with Gasteiger partial charge in [0.05, 0.1) is 21.8 Å². The highest BCUT2D eigenvalue weighted by Crippen LogP contribution is 2.35. The number of carbonyl (C=O) groups is 3. The van der Waals surface area contributed by atoms with Crippen molar-refractivity contribution in [3.63, 3.8) is 0 Å². The molecule has 3 aromatic carbocycles. The lowest BCUT2D eigenvalue weighted by Crippen LogP contribution is -2.24. The van der Waals surface area contributed by atoms with Crippen molar-refractivity contribution in [3.8, 4) is 0 Å². The predicted octanol–water partition coefficient (Wildman–Crippen LogP) is 4.37. The molecule has 0 spiro atoms. The lowest BCUT2D eigenvalue weighted by atomic mass is 9.83. The first-order valence-corrected chi connectivity index (χ1v) is 8.33. The summed E-state index contributed by atoms with van der Waals surface area (Å²) in [6.45, 7) is 0. The summed E-state index contributed by atoms with van der Waals surface area (Å²) < 4.78 is 0. The van der Waals surface area contributed by atoms with Crippen LogP contribution in [0.25, 0.3) is 0 Å². The first-order valence-electron chi connectivity index (χ1n) is 7.95. The van der Waals surface area contributed by atoms with Crippen LogP contribution in [0.3, 0.4) is 0 Å². The molecule has 0 heterocycles. The van der Waals surface area contributed by atoms with Crippen LogP contribution < -0.4 is 5.32 Å². The summed E-state index contributed by atoms with van der Waals surface area (Å²) in [4.78, 5) is 38.3. The lowest BCUT2D eigenvalue weighted by Gasteiger charge is -2.21. The number of benzene rings is 3. The van der Waals surface area contributed by atoms with E-state index in [9.17, 15) is 14.4 Å². The Hall–Kier alpha value is -3.24. The van der Waals surface area contributed by atoms with Gasteiger partial charge >= 0.3 is 0 Å². The highest BCUT2D eigenvalue weighted by atomic mass is 35.5. The topological polar surface area (TPSA) is 63.2 Å². The molecular formula is C21H12ClNO3. The van der Waals surface area contributed by atoms with Gasteiger partial charge in [-0.2, -0.15) is 0 Å². The number of hydrogen-bond donors (Lipinski definition) is 1. The number of ketones is 2. The Morgan fingerprint density at radius 3 is 2.08 bits per heavy atom. The van der Waals surface area contributed by atoms with Gasteiger partial charge in [-0.1, -0.05) is 54.1 Å². The average molecular weight is 362 g/mol. The standard InChI is InChI=1S/C21H12ClNO3/c22-15-10-4-8-13-17(15)19(24)14-9-5-11-16(18(14)20(13)25)23-21(26)12-6-2-1-3-7-12/h1-11H,(H,23,26). The van der Waals surface area contributed by atoms with Crippen LogP contribution >= 0.6 is 11.6 Å². The van der Waals surface area contributed by atoms with Crippen LogP contribution in [0.1, 0.15) is 42.2 Å². The fourth-order valence-electron chi connectivity index (χ4n) is 3.09. The molecule has 0 bridgehead atoms. The maximum absolute atomic E-state index is 13.0. The van der Waals surface area contributed by atoms with Gasteiger partial charge in [0.25, 0.3) is 5.91 Å². The highest BCUT2D eigenvalue weighted by Gasteiger charge is 2.33. The van der Waals surface area contributed by atoms with E-state index in [-0.39, 0.29) is 44.8 Å². The second kappa shape index (κ2) is 6.24. The molecule has 1 aliphatic carbocycles. The second-order valence-electron chi connectivity index (χ2n) is 5.87. The van der Waals surface area contributed by atoms with E-state index in [2.05, 4.69) is 5.32 Å². The van der Waals surface area contributed by atoms with E-state index >= 15 is 0 Å². The first-order chi connectivity index (χ1) is 12.6. The van der Waals surface area contributed by atoms with Crippen LogP contribution in [-0.2, 0) is 0 Å². The van der Waals surface area contributed by atoms with Crippen molar-refractivity contribution in [2.45, 2.75) is 0 Å². The predicted molar refractivity (Wildman–Crippen MR) is 99.2 cm³/mol. The van der Waals surface area contributed by atoms with Gasteiger partial charge in [-0.3, -0.25) is 14.4 Å². The quantitative estimate of drug-likeness (QED) is 0.576. The van der Waals surface area contributed by atoms with Crippen molar-refractivity contribution in [1.82, 2.24) is 0 Å². The normalized spacial score (nSPS) is 12.3. The molecule has 1 aliphatic rings. The summed E-state index contributed by atoms with van der Waals surface area (Å²) in [5, 5.41) is 2.98. The number of carbonyl (C=O) groups excluding carboxylic acids is 3. The van der Waals surface area contributed by atoms with Gasteiger partial charge in [-0.05, 0) is 24.3 Å². The van der Waals surface area contributed by atoms with E-state index < -0.39 is 0 Å². The van der Waals surface area contributed by atoms with E-state index in [0.717, 1.165) is 0 Å². The molecule has 126 valence electrons. The monoisotopic (exact) mass is 361 g/mol. The van der Waals surface area contributed by atoms with Crippen molar-refractivity contribution in [2.75, 3.05) is 5.32 Å². The summed E-state index contributed by atoms with van der Waals surface area (Å²) in [5.41, 5.74) is 1.65. The van der Waals surface area contributed by atoms with Gasteiger partial charge in [0.1, 0.15) is 0 Å². The summed E-state index contributed by atoms with van der Waals surface area (Å²) in [6.07, 6.45) is 0. The minimum atomic E-state index is -0.351. The number of hydrogen-bond acceptors (Lipinski definition) is 3. The van der Waals surface area contributed by atoms with E-state index in [0.29, 0.717) is 11.3 Å². The molecule has 4 nitrogen and oxygen atoms in total. The summed E-state index contributed by atoms with van der Waals surface area (Å²) in [7, 11) is 0. The SMILES string of the molecule is O=C(Nc1cccc2c1C(=O)c1cccc(Cl)c1C2=O)c1ccccc1. The van der Waals surface area contributed by atoms with Crippen LogP contribution in [-0.4, -0.2) is 17.5 Å². The van der Waals surface area contributed by atoms with Crippen molar-refractivity contribution in [2.24, 2.45) is 0 Å². The van der Waals surface area contributed by atoms with E-state index in [1.54, 1.807) is 60.7 Å². The maximum atomic E-state index is 13.0. The second-order valence-corrected chi connectivity index (χ2v) is 6.28. The zero-order valence-electron chi connectivity index (χ0n) is 13.5. The minimum absolute atomic E-state index is 0.191. The van der Waals surface area contributed by atoms with E-state index in [4.69, 9.17) is 11.6 Å². The molecule has 0 aliphatic heterocycles. The maximum Gasteiger partial charge on any atom is 0.255 e. The fraction of sp³-hybridized carbons (Fsp3) is 0. The van der Waals surface area contributed by atoms with Crippen LogP contribution in [0.2, 0.25) is 5.02 Å². The molecular weight excluding hydrogens is 350 g/mol. The van der Waals surface area contributed by atoms with Crippen molar-refractivity contribution < 1.29 is 14.4 Å². The summed E-state index contributed by atoms with van der Waals surface area (Å²) >= 11 is 6.13. The largest absolute Gasteiger partial charge is 0.321 e. The Morgan fingerprint density at radius 2 is 1.35 bits per heavy atom. The van der Waals surface area contributed by atoms with Gasteiger partial charge in [0, 0.05) is 16.7 Å². The van der Waals surface area contributed by atoms with Crippen LogP contribution in [0.4, 0.5) is 5.69 Å². The molecule has 0 saturated heterocycles. The Labute approximate surface area is 154 Å². The molecule has 5 heteroatoms. The van der Waals surface area contributed by atoms with Crippen LogP contribution in [0.5, 0.6) is 0 Å². The third-order valence-electron chi connectivity index (χ3n) is 4.31. The minimum Gasteiger partial charge on any atom is -0.321 e. The molecule has 0 aromatic heterocycles. The van der Waals surface area contributed by atoms with Crippen LogP contribution in [0, 0.1) is 0 Å². The van der Waals surface area contributed by atoms with Gasteiger partial charge in [0.2, 0.25) is 0 Å². The Morgan fingerprint density at radius 1 is 0.731 bits per heavy atom. The fourth-order valence-corrected chi connectivity index (χ4v) is 3.35. The number of halogens is 1. The smallest absolute Gasteiger partial charge is 0.255 e. The Kier molecular flexibility index (Phi) is 3.90. The molecule has 26 heavy (non-hydrogen) atoms. The van der Waals surface area contributed by atoms with Crippen LogP contribution in [0.15, 0.2) is 66.7 Å². The number of nitrogens with one attached hydrogen (secondary N) is 1. The average Bonchev–Trinajstić information content (AvgIpc) is 2.66. The molecule has 1 N–H and O–H groups in total. The third-order valence-corrected chi connectivity index (χ3v) is 4.62. The Bertz CT molecular complexity index is 1070. The number of fused-ring (bicyclic) bond motifs is 2. The van der Waals surface area contributed by atoms with E-state index in [1.807, 2.05) is 6.07 Å². The molecule has 0 radical (unpaired) electrons. The van der Waals surface area contributed by atoms with Crippen molar-refractivity contribution in [3.05, 3.63) is 99.6 Å². The van der Waals surface area contributed by atoms with Gasteiger partial charge in [-0.25, -0.2) is 0 Å². The van der Waals surface area contributed by atoms with Gasteiger partial charge in [0.15, 0.2) is 11.6 Å². The molecule has 0 atom stereocenters. The van der Waals surface area contributed by atoms with E-state index in [1.165, 1.54) is 0 Å². The van der Waals surface area contributed by atoms with Crippen molar-refractivity contribution >= 4 is 34.8 Å². The Balaban J connectivity index is 1.81. The zero-order valence-corrected chi connectivity index (χ0v) is 14.2. The third kappa shape index (κ3) is 2.52. The van der Waals surface area contributed by atoms with Crippen molar-refractivity contribution in [1.29, 1.82) is 0 Å². The molecule has 3 aromatic rings. The molecule has 0 saturated carbocycles. The molecule has 0 fully saturated rings. The first kappa shape index (κ1) is 16.2. The summed E-state index contributed by atoms with van der Waals surface area (Å²) in [6, 6.07) is 18.3. The molecule has 1 amide bonds. The zero-order chi connectivity index (χ0) is 18.3. The van der Waals surface area contributed by atoms with Gasteiger partial charge < -0.3 is 5.32 Å². The number of rotatable bonds is 2. The molecule has 0 unspecified atom stereocenters. The van der Waals surface area contributed by atoms with Gasteiger partial charge in [-0.15, -0.1) is 0 Å². The summed E-state index contributed by atoms with van der Waals surface area (Å²) in [5.74, 6) is -1.01. The highest BCUT2D eigenvalue weighted by molar-refractivity contribution is 6.39. The number of amides is 1. The molecule has 4 rings (SSSR count). The number of anilines is 1. The lowest BCUT2D eigenvalue weighted by molar-refractivity contribution is 0.0978.